The summed E-state index contributed by atoms with van der Waals surface area (Å²) in [6, 6.07) is 4.23. The second-order valence-electron chi connectivity index (χ2n) is 9.61. The molecule has 0 aliphatic carbocycles. The maximum Gasteiger partial charge on any atom is 0.340 e. The highest BCUT2D eigenvalue weighted by Crippen LogP contribution is 2.39. The lowest BCUT2D eigenvalue weighted by Crippen LogP contribution is -2.54. The van der Waals surface area contributed by atoms with Crippen molar-refractivity contribution in [2.24, 2.45) is 0 Å². The van der Waals surface area contributed by atoms with Crippen LogP contribution in [0.4, 0.5) is 0 Å². The molecule has 18 nitrogen and oxygen atoms in total. The first-order valence-electron chi connectivity index (χ1n) is 12.4. The minimum atomic E-state index is -2.83. The SMILES string of the molecule is O=C(OC[C@H]1O[C@@H](OC(=O)c2cc(O)c(O)c(O)c2)[C@@](O)(COC(=O)c2cc(O)c(O)c(O)c2)[C@@H]1O)c1cc(O)c(O)c(O)c1. The van der Waals surface area contributed by atoms with Crippen LogP contribution in [0.1, 0.15) is 31.1 Å². The zero-order valence-corrected chi connectivity index (χ0v) is 22.4. The van der Waals surface area contributed by atoms with E-state index in [0.717, 1.165) is 12.1 Å². The molecule has 0 amide bonds. The molecular formula is C27H24O18. The van der Waals surface area contributed by atoms with Crippen LogP contribution in [0.15, 0.2) is 36.4 Å². The van der Waals surface area contributed by atoms with Crippen LogP contribution in [-0.4, -0.2) is 111 Å². The van der Waals surface area contributed by atoms with Gasteiger partial charge in [-0.2, -0.15) is 0 Å². The van der Waals surface area contributed by atoms with Crippen LogP contribution >= 0.6 is 0 Å². The molecule has 18 heteroatoms. The molecule has 0 unspecified atom stereocenters. The lowest BCUT2D eigenvalue weighted by molar-refractivity contribution is -0.193. The van der Waals surface area contributed by atoms with Gasteiger partial charge in [-0.05, 0) is 36.4 Å². The zero-order valence-electron chi connectivity index (χ0n) is 22.4. The van der Waals surface area contributed by atoms with Gasteiger partial charge in [0.15, 0.2) is 57.3 Å². The van der Waals surface area contributed by atoms with Crippen molar-refractivity contribution in [1.29, 1.82) is 0 Å². The molecule has 0 aromatic heterocycles. The van der Waals surface area contributed by atoms with Crippen LogP contribution in [0.2, 0.25) is 0 Å². The van der Waals surface area contributed by atoms with E-state index in [-0.39, 0.29) is 0 Å². The van der Waals surface area contributed by atoms with Crippen LogP contribution < -0.4 is 0 Å². The molecule has 3 aromatic carbocycles. The highest BCUT2D eigenvalue weighted by atomic mass is 16.7. The predicted octanol–water partition coefficient (Wildman–Crippen LogP) is -0.275. The number of rotatable bonds is 8. The average molecular weight is 636 g/mol. The Labute approximate surface area is 249 Å². The van der Waals surface area contributed by atoms with Crippen molar-refractivity contribution in [3.05, 3.63) is 53.1 Å². The summed E-state index contributed by atoms with van der Waals surface area (Å²) in [7, 11) is 0. The number of esters is 3. The van der Waals surface area contributed by atoms with Gasteiger partial charge in [0.25, 0.3) is 0 Å². The third-order valence-corrected chi connectivity index (χ3v) is 6.51. The van der Waals surface area contributed by atoms with Crippen LogP contribution in [0.5, 0.6) is 51.7 Å². The van der Waals surface area contributed by atoms with Gasteiger partial charge in [-0.25, -0.2) is 14.4 Å². The smallest absolute Gasteiger partial charge is 0.340 e. The topological polar surface area (TPSA) is 311 Å². The van der Waals surface area contributed by atoms with Gasteiger partial charge in [-0.3, -0.25) is 0 Å². The van der Waals surface area contributed by atoms with Crippen molar-refractivity contribution in [1.82, 2.24) is 0 Å². The number of carbonyl (C=O) groups is 3. The third kappa shape index (κ3) is 6.27. The van der Waals surface area contributed by atoms with Crippen LogP contribution in [0.25, 0.3) is 0 Å². The van der Waals surface area contributed by atoms with E-state index in [1.54, 1.807) is 0 Å². The number of hydrogen-bond donors (Lipinski definition) is 11. The van der Waals surface area contributed by atoms with Gasteiger partial charge in [0.2, 0.25) is 6.29 Å². The lowest BCUT2D eigenvalue weighted by atomic mass is 9.96. The highest BCUT2D eigenvalue weighted by molar-refractivity contribution is 5.92. The molecular weight excluding hydrogens is 612 g/mol. The maximum absolute atomic E-state index is 12.8. The average Bonchev–Trinajstić information content (AvgIpc) is 3.22. The number of carbonyl (C=O) groups excluding carboxylic acids is 3. The summed E-state index contributed by atoms with van der Waals surface area (Å²) in [6.45, 7) is -2.11. The number of benzene rings is 3. The second kappa shape index (κ2) is 12.0. The summed E-state index contributed by atoms with van der Waals surface area (Å²) in [5, 5.41) is 109. The van der Waals surface area contributed by atoms with E-state index in [1.807, 2.05) is 0 Å². The first kappa shape index (κ1) is 32.1. The fourth-order valence-electron chi connectivity index (χ4n) is 4.06. The third-order valence-electron chi connectivity index (χ3n) is 6.51. The molecule has 1 saturated heterocycles. The van der Waals surface area contributed by atoms with Crippen LogP contribution in [0, 0.1) is 0 Å². The number of aromatic hydroxyl groups is 9. The van der Waals surface area contributed by atoms with Crippen LogP contribution in [-0.2, 0) is 18.9 Å². The minimum absolute atomic E-state index is 0.463. The summed E-state index contributed by atoms with van der Waals surface area (Å²) in [6.07, 6.45) is -6.11. The van der Waals surface area contributed by atoms with Crippen molar-refractivity contribution in [3.8, 4) is 51.7 Å². The van der Waals surface area contributed by atoms with Gasteiger partial charge in [-0.15, -0.1) is 0 Å². The monoisotopic (exact) mass is 636 g/mol. The molecule has 0 bridgehead atoms. The van der Waals surface area contributed by atoms with Crippen molar-refractivity contribution in [2.45, 2.75) is 24.1 Å². The van der Waals surface area contributed by atoms with Gasteiger partial charge in [0.05, 0.1) is 16.7 Å². The molecule has 1 heterocycles. The summed E-state index contributed by atoms with van der Waals surface area (Å²) in [4.78, 5) is 37.8. The molecule has 4 atom stereocenters. The molecule has 240 valence electrons. The van der Waals surface area contributed by atoms with Gasteiger partial charge < -0.3 is 75.1 Å². The Morgan fingerprint density at radius 1 is 0.622 bits per heavy atom. The molecule has 4 rings (SSSR count). The second-order valence-corrected chi connectivity index (χ2v) is 9.61. The Morgan fingerprint density at radius 3 is 1.38 bits per heavy atom. The number of hydrogen-bond acceptors (Lipinski definition) is 18. The Hall–Kier alpha value is -5.85. The normalized spacial score (nSPS) is 20.8. The molecule has 1 fully saturated rings. The van der Waals surface area contributed by atoms with E-state index in [0.29, 0.717) is 24.3 Å². The number of aliphatic hydroxyl groups is 2. The summed E-state index contributed by atoms with van der Waals surface area (Å²) in [5.74, 6) is -12.2. The molecule has 3 aromatic rings. The molecule has 45 heavy (non-hydrogen) atoms. The fourth-order valence-corrected chi connectivity index (χ4v) is 4.06. The van der Waals surface area contributed by atoms with Crippen molar-refractivity contribution >= 4 is 17.9 Å². The Kier molecular flexibility index (Phi) is 8.58. The largest absolute Gasteiger partial charge is 0.504 e. The number of phenolic OH excluding ortho intramolecular Hbond substituents is 9. The molecule has 11 N–H and O–H groups in total. The lowest BCUT2D eigenvalue weighted by Gasteiger charge is -2.29. The molecule has 0 radical (unpaired) electrons. The van der Waals surface area contributed by atoms with Crippen molar-refractivity contribution in [3.63, 3.8) is 0 Å². The first-order valence-corrected chi connectivity index (χ1v) is 12.4. The number of aliphatic hydroxyl groups excluding tert-OH is 1. The van der Waals surface area contributed by atoms with Crippen molar-refractivity contribution in [2.75, 3.05) is 13.2 Å². The Morgan fingerprint density at radius 2 is 0.978 bits per heavy atom. The maximum atomic E-state index is 12.8. The van der Waals surface area contributed by atoms with Crippen LogP contribution in [0.3, 0.4) is 0 Å². The molecule has 1 aliphatic heterocycles. The first-order chi connectivity index (χ1) is 21.0. The summed E-state index contributed by atoms with van der Waals surface area (Å²) in [5.41, 5.74) is -4.42. The number of phenols is 9. The van der Waals surface area contributed by atoms with E-state index in [1.165, 1.54) is 0 Å². The van der Waals surface area contributed by atoms with E-state index in [4.69, 9.17) is 18.9 Å². The van der Waals surface area contributed by atoms with E-state index in [2.05, 4.69) is 0 Å². The molecule has 0 spiro atoms. The van der Waals surface area contributed by atoms with Gasteiger partial charge in [-0.1, -0.05) is 0 Å². The summed E-state index contributed by atoms with van der Waals surface area (Å²) < 4.78 is 20.4. The van der Waals surface area contributed by atoms with E-state index >= 15 is 0 Å². The highest BCUT2D eigenvalue weighted by Gasteiger charge is 2.59. The Bertz CT molecular complexity index is 1600. The van der Waals surface area contributed by atoms with E-state index in [9.17, 15) is 70.6 Å². The standard InChI is InChI=1S/C27H24O18/c28-12-1-9(2-13(29)19(12)34)23(38)42-7-18-22(37)27(41,8-43-24(39)10-3-14(30)20(35)15(31)4-10)26(44-18)45-25(40)11-5-16(32)21(36)17(33)6-11/h1-6,18,22,26,28-37,41H,7-8H2/t18-,22-,26+,27-/m1/s1. The van der Waals surface area contributed by atoms with E-state index < -0.39 is 124 Å². The predicted molar refractivity (Wildman–Crippen MR) is 140 cm³/mol. The minimum Gasteiger partial charge on any atom is -0.504 e. The zero-order chi connectivity index (χ0) is 33.4. The van der Waals surface area contributed by atoms with Gasteiger partial charge in [0.1, 0.15) is 25.4 Å². The fraction of sp³-hybridized carbons (Fsp3) is 0.222. The van der Waals surface area contributed by atoms with Gasteiger partial charge in [0, 0.05) is 0 Å². The van der Waals surface area contributed by atoms with Gasteiger partial charge >= 0.3 is 17.9 Å². The van der Waals surface area contributed by atoms with Crippen molar-refractivity contribution < 1.29 is 89.5 Å². The molecule has 1 aliphatic rings. The summed E-state index contributed by atoms with van der Waals surface area (Å²) >= 11 is 0. The number of ether oxygens (including phenoxy) is 4. The Balaban J connectivity index is 1.56. The quantitative estimate of drug-likeness (QED) is 0.0860. The molecule has 0 saturated carbocycles.